The van der Waals surface area contributed by atoms with E-state index in [9.17, 15) is 21.6 Å². The number of furan rings is 1. The maximum absolute atomic E-state index is 11.7. The lowest BCUT2D eigenvalue weighted by Gasteiger charge is -2.03. The quantitative estimate of drug-likeness (QED) is 0.691. The summed E-state index contributed by atoms with van der Waals surface area (Å²) in [4.78, 5) is 0. The maximum atomic E-state index is 11.7. The van der Waals surface area contributed by atoms with Crippen LogP contribution in [0.3, 0.4) is 0 Å². The van der Waals surface area contributed by atoms with Gasteiger partial charge in [-0.25, -0.2) is 8.42 Å². The van der Waals surface area contributed by atoms with E-state index in [-0.39, 0.29) is 0 Å². The van der Waals surface area contributed by atoms with Gasteiger partial charge in [0.2, 0.25) is 5.09 Å². The van der Waals surface area contributed by atoms with E-state index in [1.54, 1.807) is 0 Å². The fourth-order valence-corrected chi connectivity index (χ4v) is 1.20. The van der Waals surface area contributed by atoms with Gasteiger partial charge >= 0.3 is 15.3 Å². The third kappa shape index (κ3) is 1.31. The molecule has 0 aliphatic carbocycles. The summed E-state index contributed by atoms with van der Waals surface area (Å²) in [5.41, 5.74) is -5.30. The second-order valence-corrected chi connectivity index (χ2v) is 3.75. The van der Waals surface area contributed by atoms with Crippen molar-refractivity contribution in [3.05, 3.63) is 18.4 Å². The van der Waals surface area contributed by atoms with Crippen LogP contribution in [-0.4, -0.2) is 13.9 Å². The van der Waals surface area contributed by atoms with Crippen LogP contribution >= 0.6 is 0 Å². The summed E-state index contributed by atoms with van der Waals surface area (Å²) in [6.45, 7) is 0. The minimum Gasteiger partial charge on any atom is -0.453 e. The van der Waals surface area contributed by atoms with Crippen molar-refractivity contribution in [2.45, 2.75) is 10.6 Å². The second kappa shape index (κ2) is 2.51. The average molecular weight is 200 g/mol. The molecular formula is C5H3F3O3S. The first-order chi connectivity index (χ1) is 5.36. The largest absolute Gasteiger partial charge is 0.504 e. The molecule has 0 spiro atoms. The molecule has 3 nitrogen and oxygen atoms in total. The van der Waals surface area contributed by atoms with Crippen LogP contribution in [0.5, 0.6) is 0 Å². The van der Waals surface area contributed by atoms with E-state index in [1.807, 2.05) is 0 Å². The molecule has 0 aliphatic rings. The van der Waals surface area contributed by atoms with Crippen LogP contribution < -0.4 is 0 Å². The summed E-state index contributed by atoms with van der Waals surface area (Å²) in [5.74, 6) is 0. The normalized spacial score (nSPS) is 13.2. The molecule has 1 aromatic rings. The topological polar surface area (TPSA) is 47.3 Å². The highest BCUT2D eigenvalue weighted by atomic mass is 32.2. The highest BCUT2D eigenvalue weighted by molar-refractivity contribution is 7.92. The number of halogens is 3. The van der Waals surface area contributed by atoms with E-state index in [1.165, 1.54) is 0 Å². The van der Waals surface area contributed by atoms with Crippen LogP contribution in [0.4, 0.5) is 13.2 Å². The zero-order chi connectivity index (χ0) is 9.41. The fourth-order valence-electron chi connectivity index (χ4n) is 0.530. The Morgan fingerprint density at radius 2 is 1.92 bits per heavy atom. The standard InChI is InChI=1S/C5H3F3O3S/c6-5(7,8)12(9,10)4-2-1-3-11-4/h1-3H. The van der Waals surface area contributed by atoms with Crippen molar-refractivity contribution in [1.82, 2.24) is 0 Å². The van der Waals surface area contributed by atoms with E-state index in [0.717, 1.165) is 18.4 Å². The molecule has 0 fully saturated rings. The first kappa shape index (κ1) is 9.11. The van der Waals surface area contributed by atoms with Gasteiger partial charge in [-0.15, -0.1) is 0 Å². The van der Waals surface area contributed by atoms with Crippen molar-refractivity contribution in [1.29, 1.82) is 0 Å². The van der Waals surface area contributed by atoms with Gasteiger partial charge in [0.25, 0.3) is 0 Å². The van der Waals surface area contributed by atoms with Crippen molar-refractivity contribution in [3.63, 3.8) is 0 Å². The van der Waals surface area contributed by atoms with E-state index >= 15 is 0 Å². The van der Waals surface area contributed by atoms with Gasteiger partial charge in [-0.3, -0.25) is 0 Å². The molecule has 0 atom stereocenters. The molecule has 1 aromatic heterocycles. The van der Waals surface area contributed by atoms with Crippen LogP contribution in [0.15, 0.2) is 27.9 Å². The Morgan fingerprint density at radius 1 is 1.33 bits per heavy atom. The first-order valence-corrected chi connectivity index (χ1v) is 4.19. The van der Waals surface area contributed by atoms with Gasteiger partial charge in [0, 0.05) is 0 Å². The molecule has 0 saturated carbocycles. The Bertz CT molecular complexity index is 348. The minimum absolute atomic E-state index is 0.739. The molecule has 0 aromatic carbocycles. The van der Waals surface area contributed by atoms with E-state index in [2.05, 4.69) is 4.42 Å². The van der Waals surface area contributed by atoms with E-state index in [0.29, 0.717) is 0 Å². The van der Waals surface area contributed by atoms with Gasteiger partial charge in [0.15, 0.2) is 0 Å². The van der Waals surface area contributed by atoms with Gasteiger partial charge in [0.05, 0.1) is 6.26 Å². The smallest absolute Gasteiger partial charge is 0.453 e. The summed E-state index contributed by atoms with van der Waals surface area (Å²) in [6, 6.07) is 1.81. The van der Waals surface area contributed by atoms with Crippen LogP contribution in [0.1, 0.15) is 0 Å². The van der Waals surface area contributed by atoms with E-state index < -0.39 is 20.4 Å². The van der Waals surface area contributed by atoms with Crippen LogP contribution in [0.25, 0.3) is 0 Å². The lowest BCUT2D eigenvalue weighted by Crippen LogP contribution is -2.22. The Hall–Kier alpha value is -0.980. The van der Waals surface area contributed by atoms with Gasteiger partial charge in [0.1, 0.15) is 0 Å². The fraction of sp³-hybridized carbons (Fsp3) is 0.200. The second-order valence-electron chi connectivity index (χ2n) is 1.88. The molecule has 0 N–H and O–H groups in total. The lowest BCUT2D eigenvalue weighted by molar-refractivity contribution is -0.0446. The number of rotatable bonds is 1. The summed E-state index contributed by atoms with van der Waals surface area (Å²) in [7, 11) is -5.30. The molecule has 68 valence electrons. The van der Waals surface area contributed by atoms with Crippen molar-refractivity contribution in [2.24, 2.45) is 0 Å². The zero-order valence-electron chi connectivity index (χ0n) is 5.50. The van der Waals surface area contributed by atoms with Crippen LogP contribution in [0, 0.1) is 0 Å². The summed E-state index contributed by atoms with van der Waals surface area (Å²) < 4.78 is 60.4. The number of alkyl halides is 3. The molecule has 1 heterocycles. The van der Waals surface area contributed by atoms with Crippen LogP contribution in [-0.2, 0) is 9.84 Å². The monoisotopic (exact) mass is 200 g/mol. The van der Waals surface area contributed by atoms with Gasteiger partial charge in [-0.2, -0.15) is 13.2 Å². The summed E-state index contributed by atoms with van der Waals surface area (Å²) in [6.07, 6.45) is 0.860. The SMILES string of the molecule is O=S(=O)(c1ccco1)C(F)(F)F. The highest BCUT2D eigenvalue weighted by Gasteiger charge is 2.48. The molecule has 0 unspecified atom stereocenters. The number of hydrogen-bond donors (Lipinski definition) is 0. The first-order valence-electron chi connectivity index (χ1n) is 2.70. The predicted molar refractivity (Wildman–Crippen MR) is 31.9 cm³/mol. The summed E-state index contributed by atoms with van der Waals surface area (Å²) >= 11 is 0. The molecular weight excluding hydrogens is 197 g/mol. The molecule has 0 saturated heterocycles. The van der Waals surface area contributed by atoms with Crippen molar-refractivity contribution in [3.8, 4) is 0 Å². The van der Waals surface area contributed by atoms with Crippen molar-refractivity contribution >= 4 is 9.84 Å². The minimum atomic E-state index is -5.30. The molecule has 0 aliphatic heterocycles. The van der Waals surface area contributed by atoms with Crippen LogP contribution in [0.2, 0.25) is 0 Å². The maximum Gasteiger partial charge on any atom is 0.504 e. The Morgan fingerprint density at radius 3 is 2.25 bits per heavy atom. The Labute approximate surface area is 65.7 Å². The van der Waals surface area contributed by atoms with Crippen molar-refractivity contribution in [2.75, 3.05) is 0 Å². The summed E-state index contributed by atoms with van der Waals surface area (Å²) in [5, 5.41) is -1.09. The third-order valence-electron chi connectivity index (χ3n) is 1.06. The molecule has 0 bridgehead atoms. The van der Waals surface area contributed by atoms with Gasteiger partial charge < -0.3 is 4.42 Å². The average Bonchev–Trinajstić information content (AvgIpc) is 2.34. The predicted octanol–water partition coefficient (Wildman–Crippen LogP) is 1.57. The highest BCUT2D eigenvalue weighted by Crippen LogP contribution is 2.29. The van der Waals surface area contributed by atoms with Crippen molar-refractivity contribution < 1.29 is 26.0 Å². The van der Waals surface area contributed by atoms with Gasteiger partial charge in [-0.1, -0.05) is 0 Å². The Balaban J connectivity index is 3.22. The molecule has 0 amide bonds. The molecule has 0 radical (unpaired) electrons. The molecule has 7 heteroatoms. The zero-order valence-corrected chi connectivity index (χ0v) is 6.32. The molecule has 12 heavy (non-hydrogen) atoms. The molecule has 1 rings (SSSR count). The number of hydrogen-bond acceptors (Lipinski definition) is 3. The number of sulfone groups is 1. The van der Waals surface area contributed by atoms with E-state index in [4.69, 9.17) is 0 Å². The lowest BCUT2D eigenvalue weighted by atomic mass is 10.7. The van der Waals surface area contributed by atoms with Gasteiger partial charge in [-0.05, 0) is 12.1 Å². The Kier molecular flexibility index (Phi) is 1.91. The third-order valence-corrected chi connectivity index (χ3v) is 2.44.